The maximum atomic E-state index is 11.1. The van der Waals surface area contributed by atoms with Gasteiger partial charge in [0, 0.05) is 22.7 Å². The van der Waals surface area contributed by atoms with Gasteiger partial charge in [-0.25, -0.2) is 0 Å². The van der Waals surface area contributed by atoms with Crippen molar-refractivity contribution in [2.24, 2.45) is 5.92 Å². The van der Waals surface area contributed by atoms with E-state index < -0.39 is 5.60 Å². The number of ether oxygens (including phenoxy) is 1. The average molecular weight is 388 g/mol. The SMILES string of the molecule is COc1cccc(CC2(O)CCC(C(C)(C)Nc3ccc(Cl)cc3)CC2)c1. The van der Waals surface area contributed by atoms with Gasteiger partial charge in [0.25, 0.3) is 0 Å². The van der Waals surface area contributed by atoms with Crippen molar-refractivity contribution in [1.82, 2.24) is 0 Å². The largest absolute Gasteiger partial charge is 0.497 e. The molecular formula is C23H30ClNO2. The van der Waals surface area contributed by atoms with Crippen molar-refractivity contribution in [3.05, 3.63) is 59.1 Å². The van der Waals surface area contributed by atoms with Crippen LogP contribution in [0, 0.1) is 5.92 Å². The van der Waals surface area contributed by atoms with E-state index in [1.165, 1.54) is 0 Å². The highest BCUT2D eigenvalue weighted by molar-refractivity contribution is 6.30. The summed E-state index contributed by atoms with van der Waals surface area (Å²) in [5.41, 5.74) is 1.56. The Balaban J connectivity index is 1.60. The molecule has 1 aliphatic rings. The third-order valence-corrected chi connectivity index (χ3v) is 6.17. The Bertz CT molecular complexity index is 749. The number of hydrogen-bond donors (Lipinski definition) is 2. The standard InChI is InChI=1S/C23H30ClNO2/c1-22(2,25-20-9-7-19(24)8-10-20)18-11-13-23(26,14-12-18)16-17-5-4-6-21(15-17)27-3/h4-10,15,18,25-26H,11-14,16H2,1-3H3. The highest BCUT2D eigenvalue weighted by Crippen LogP contribution is 2.40. The van der Waals surface area contributed by atoms with Gasteiger partial charge in [-0.3, -0.25) is 0 Å². The molecule has 1 aliphatic carbocycles. The molecule has 0 saturated heterocycles. The zero-order chi connectivity index (χ0) is 19.5. The fourth-order valence-electron chi connectivity index (χ4n) is 4.22. The van der Waals surface area contributed by atoms with E-state index in [0.717, 1.165) is 47.7 Å². The monoisotopic (exact) mass is 387 g/mol. The van der Waals surface area contributed by atoms with Crippen LogP contribution in [0.5, 0.6) is 5.75 Å². The maximum Gasteiger partial charge on any atom is 0.119 e. The van der Waals surface area contributed by atoms with Gasteiger partial charge in [0.15, 0.2) is 0 Å². The molecule has 146 valence electrons. The summed E-state index contributed by atoms with van der Waals surface area (Å²) in [6.45, 7) is 4.50. The fourth-order valence-corrected chi connectivity index (χ4v) is 4.35. The molecule has 0 aromatic heterocycles. The van der Waals surface area contributed by atoms with Gasteiger partial charge < -0.3 is 15.2 Å². The molecule has 0 spiro atoms. The summed E-state index contributed by atoms with van der Waals surface area (Å²) in [5, 5.41) is 15.5. The Morgan fingerprint density at radius 2 is 1.81 bits per heavy atom. The van der Waals surface area contributed by atoms with Crippen molar-refractivity contribution in [3.8, 4) is 5.75 Å². The van der Waals surface area contributed by atoms with Crippen LogP contribution in [0.15, 0.2) is 48.5 Å². The number of rotatable bonds is 6. The molecule has 3 rings (SSSR count). The average Bonchev–Trinajstić information content (AvgIpc) is 2.63. The summed E-state index contributed by atoms with van der Waals surface area (Å²) in [7, 11) is 1.68. The van der Waals surface area contributed by atoms with E-state index in [0.29, 0.717) is 12.3 Å². The Kier molecular flexibility index (Phi) is 6.02. The summed E-state index contributed by atoms with van der Waals surface area (Å²) in [4.78, 5) is 0. The van der Waals surface area contributed by atoms with E-state index in [9.17, 15) is 5.11 Å². The summed E-state index contributed by atoms with van der Waals surface area (Å²) < 4.78 is 5.30. The number of nitrogens with one attached hydrogen (secondary N) is 1. The minimum Gasteiger partial charge on any atom is -0.497 e. The molecule has 0 atom stereocenters. The fraction of sp³-hybridized carbons (Fsp3) is 0.478. The Morgan fingerprint density at radius 3 is 2.44 bits per heavy atom. The lowest BCUT2D eigenvalue weighted by Gasteiger charge is -2.43. The van der Waals surface area contributed by atoms with Crippen molar-refractivity contribution in [2.45, 2.75) is 57.1 Å². The number of benzene rings is 2. The van der Waals surface area contributed by atoms with E-state index in [4.69, 9.17) is 16.3 Å². The third kappa shape index (κ3) is 5.18. The molecular weight excluding hydrogens is 358 g/mol. The van der Waals surface area contributed by atoms with Gasteiger partial charge in [-0.15, -0.1) is 0 Å². The van der Waals surface area contributed by atoms with Gasteiger partial charge >= 0.3 is 0 Å². The van der Waals surface area contributed by atoms with Gasteiger partial charge in [0.05, 0.1) is 12.7 Å². The second kappa shape index (κ2) is 8.12. The van der Waals surface area contributed by atoms with E-state index in [2.05, 4.69) is 25.2 Å². The summed E-state index contributed by atoms with van der Waals surface area (Å²) in [5.74, 6) is 1.36. The lowest BCUT2D eigenvalue weighted by atomic mass is 9.70. The summed E-state index contributed by atoms with van der Waals surface area (Å²) in [6.07, 6.45) is 4.34. The smallest absolute Gasteiger partial charge is 0.119 e. The van der Waals surface area contributed by atoms with Crippen LogP contribution in [0.1, 0.15) is 45.1 Å². The highest BCUT2D eigenvalue weighted by Gasteiger charge is 2.39. The van der Waals surface area contributed by atoms with Crippen LogP contribution in [0.25, 0.3) is 0 Å². The molecule has 1 fully saturated rings. The minimum atomic E-state index is -0.626. The highest BCUT2D eigenvalue weighted by atomic mass is 35.5. The van der Waals surface area contributed by atoms with Gasteiger partial charge in [0.2, 0.25) is 0 Å². The lowest BCUT2D eigenvalue weighted by Crippen LogP contribution is -2.45. The van der Waals surface area contributed by atoms with Crippen molar-refractivity contribution in [1.29, 1.82) is 0 Å². The van der Waals surface area contributed by atoms with Gasteiger partial charge in [-0.2, -0.15) is 0 Å². The zero-order valence-corrected chi connectivity index (χ0v) is 17.2. The molecule has 0 bridgehead atoms. The van der Waals surface area contributed by atoms with Crippen LogP contribution < -0.4 is 10.1 Å². The predicted octanol–water partition coefficient (Wildman–Crippen LogP) is 5.70. The second-order valence-electron chi connectivity index (χ2n) is 8.38. The van der Waals surface area contributed by atoms with Crippen molar-refractivity contribution in [2.75, 3.05) is 12.4 Å². The van der Waals surface area contributed by atoms with E-state index in [-0.39, 0.29) is 5.54 Å². The quantitative estimate of drug-likeness (QED) is 0.667. The zero-order valence-electron chi connectivity index (χ0n) is 16.5. The molecule has 2 aromatic rings. The van der Waals surface area contributed by atoms with Gasteiger partial charge in [0.1, 0.15) is 5.75 Å². The Hall–Kier alpha value is -1.71. The Morgan fingerprint density at radius 1 is 1.15 bits per heavy atom. The molecule has 0 amide bonds. The Labute approximate surface area is 167 Å². The molecule has 27 heavy (non-hydrogen) atoms. The molecule has 4 heteroatoms. The van der Waals surface area contributed by atoms with Crippen LogP contribution in [0.3, 0.4) is 0 Å². The number of aliphatic hydroxyl groups is 1. The lowest BCUT2D eigenvalue weighted by molar-refractivity contribution is -0.0157. The first-order valence-electron chi connectivity index (χ1n) is 9.69. The van der Waals surface area contributed by atoms with E-state index in [1.54, 1.807) is 7.11 Å². The molecule has 0 unspecified atom stereocenters. The van der Waals surface area contributed by atoms with Crippen LogP contribution in [-0.4, -0.2) is 23.4 Å². The number of hydrogen-bond acceptors (Lipinski definition) is 3. The molecule has 0 radical (unpaired) electrons. The molecule has 0 heterocycles. The van der Waals surface area contributed by atoms with Gasteiger partial charge in [-0.1, -0.05) is 23.7 Å². The molecule has 0 aliphatic heterocycles. The van der Waals surface area contributed by atoms with Crippen molar-refractivity contribution < 1.29 is 9.84 Å². The van der Waals surface area contributed by atoms with Crippen molar-refractivity contribution in [3.63, 3.8) is 0 Å². The maximum absolute atomic E-state index is 11.1. The molecule has 1 saturated carbocycles. The van der Waals surface area contributed by atoms with Crippen LogP contribution in [-0.2, 0) is 6.42 Å². The van der Waals surface area contributed by atoms with Crippen molar-refractivity contribution >= 4 is 17.3 Å². The third-order valence-electron chi connectivity index (χ3n) is 5.91. The van der Waals surface area contributed by atoms with E-state index >= 15 is 0 Å². The predicted molar refractivity (Wildman–Crippen MR) is 113 cm³/mol. The number of halogens is 1. The van der Waals surface area contributed by atoms with Crippen LogP contribution in [0.2, 0.25) is 5.02 Å². The molecule has 2 N–H and O–H groups in total. The molecule has 3 nitrogen and oxygen atoms in total. The number of anilines is 1. The first-order chi connectivity index (χ1) is 12.8. The van der Waals surface area contributed by atoms with Crippen LogP contribution >= 0.6 is 11.6 Å². The van der Waals surface area contributed by atoms with Crippen LogP contribution in [0.4, 0.5) is 5.69 Å². The van der Waals surface area contributed by atoms with Gasteiger partial charge in [-0.05, 0) is 87.4 Å². The van der Waals surface area contributed by atoms with E-state index in [1.807, 2.05) is 42.5 Å². The number of methoxy groups -OCH3 is 1. The topological polar surface area (TPSA) is 41.5 Å². The second-order valence-corrected chi connectivity index (χ2v) is 8.82. The first kappa shape index (κ1) is 20.0. The summed E-state index contributed by atoms with van der Waals surface area (Å²) in [6, 6.07) is 15.9. The summed E-state index contributed by atoms with van der Waals surface area (Å²) >= 11 is 5.99. The minimum absolute atomic E-state index is 0.0366. The first-order valence-corrected chi connectivity index (χ1v) is 10.1. The molecule has 2 aromatic carbocycles. The normalized spacial score (nSPS) is 23.1.